The van der Waals surface area contributed by atoms with Crippen molar-refractivity contribution >= 4 is 23.3 Å². The minimum atomic E-state index is -0.148. The lowest BCUT2D eigenvalue weighted by Crippen LogP contribution is -2.60. The van der Waals surface area contributed by atoms with Crippen molar-refractivity contribution in [3.63, 3.8) is 0 Å². The van der Waals surface area contributed by atoms with E-state index in [4.69, 9.17) is 0 Å². The van der Waals surface area contributed by atoms with E-state index in [2.05, 4.69) is 20.1 Å². The average molecular weight is 405 g/mol. The van der Waals surface area contributed by atoms with Gasteiger partial charge in [-0.05, 0) is 62.3 Å². The van der Waals surface area contributed by atoms with Crippen molar-refractivity contribution in [2.24, 2.45) is 11.8 Å². The lowest BCUT2D eigenvalue weighted by atomic mass is 9.76. The van der Waals surface area contributed by atoms with E-state index in [0.29, 0.717) is 35.8 Å². The number of fused-ring (bicyclic) bond motifs is 4. The molecule has 3 fully saturated rings. The number of pyridine rings is 1. The Hall–Kier alpha value is -2.89. The van der Waals surface area contributed by atoms with Crippen LogP contribution in [-0.4, -0.2) is 47.4 Å². The number of nitrogens with zero attached hydrogens (tertiary/aromatic N) is 3. The van der Waals surface area contributed by atoms with Crippen molar-refractivity contribution in [3.8, 4) is 0 Å². The summed E-state index contributed by atoms with van der Waals surface area (Å²) in [6, 6.07) is 12.0. The Bertz CT molecular complexity index is 941. The number of hydrogen-bond acceptors (Lipinski definition) is 4. The van der Waals surface area contributed by atoms with Crippen molar-refractivity contribution in [2.45, 2.75) is 38.6 Å². The molecule has 0 radical (unpaired) electrons. The zero-order valence-corrected chi connectivity index (χ0v) is 17.4. The van der Waals surface area contributed by atoms with Crippen LogP contribution in [0.25, 0.3) is 0 Å². The van der Waals surface area contributed by atoms with Crippen molar-refractivity contribution in [3.05, 3.63) is 53.7 Å². The van der Waals surface area contributed by atoms with Gasteiger partial charge in [-0.25, -0.2) is 4.98 Å². The Labute approximate surface area is 177 Å². The standard InChI is InChI=1S/C24H28N4O2/c1-16-5-8-20(9-6-16)26-24(30)18-7-10-22(25-12-18)27-13-17-11-19(15-27)21-3-2-4-23(29)28(21)14-17/h5-10,12,17,19,21H,2-4,11,13-15H2,1H3,(H,26,30)/t17?,19?,21-/m1/s1. The lowest BCUT2D eigenvalue weighted by Gasteiger charge is -2.52. The van der Waals surface area contributed by atoms with Crippen LogP contribution < -0.4 is 10.2 Å². The Morgan fingerprint density at radius 2 is 1.93 bits per heavy atom. The van der Waals surface area contributed by atoms with Crippen molar-refractivity contribution < 1.29 is 9.59 Å². The normalized spacial score (nSPS) is 25.6. The third kappa shape index (κ3) is 3.66. The molecule has 5 rings (SSSR count). The second-order valence-electron chi connectivity index (χ2n) is 9.00. The first-order valence-corrected chi connectivity index (χ1v) is 11.0. The van der Waals surface area contributed by atoms with Crippen LogP contribution >= 0.6 is 0 Å². The van der Waals surface area contributed by atoms with Gasteiger partial charge in [-0.1, -0.05) is 17.7 Å². The molecule has 1 aromatic carbocycles. The molecule has 3 aliphatic rings. The molecule has 0 saturated carbocycles. The number of amides is 2. The summed E-state index contributed by atoms with van der Waals surface area (Å²) in [5, 5.41) is 2.92. The largest absolute Gasteiger partial charge is 0.356 e. The highest BCUT2D eigenvalue weighted by molar-refractivity contribution is 6.04. The molecule has 4 heterocycles. The van der Waals surface area contributed by atoms with E-state index >= 15 is 0 Å². The molecule has 2 amide bonds. The van der Waals surface area contributed by atoms with Crippen LogP contribution in [0.2, 0.25) is 0 Å². The Balaban J connectivity index is 1.26. The molecule has 156 valence electrons. The molecule has 6 nitrogen and oxygen atoms in total. The zero-order chi connectivity index (χ0) is 20.7. The fourth-order valence-corrected chi connectivity index (χ4v) is 5.34. The molecule has 3 saturated heterocycles. The zero-order valence-electron chi connectivity index (χ0n) is 17.4. The van der Waals surface area contributed by atoms with Crippen molar-refractivity contribution in [1.82, 2.24) is 9.88 Å². The number of rotatable bonds is 3. The number of aromatic nitrogens is 1. The maximum Gasteiger partial charge on any atom is 0.257 e. The van der Waals surface area contributed by atoms with Gasteiger partial charge in [-0.3, -0.25) is 9.59 Å². The van der Waals surface area contributed by atoms with Crippen LogP contribution in [0.15, 0.2) is 42.6 Å². The van der Waals surface area contributed by atoms with E-state index in [1.807, 2.05) is 43.3 Å². The molecule has 3 aliphatic heterocycles. The topological polar surface area (TPSA) is 65.5 Å². The number of aryl methyl sites for hydroxylation is 1. The smallest absolute Gasteiger partial charge is 0.257 e. The molecule has 1 N–H and O–H groups in total. The summed E-state index contributed by atoms with van der Waals surface area (Å²) in [6.07, 6.45) is 5.74. The molecule has 2 bridgehead atoms. The predicted octanol–water partition coefficient (Wildman–Crippen LogP) is 3.48. The van der Waals surface area contributed by atoms with Crippen molar-refractivity contribution in [1.29, 1.82) is 0 Å². The number of hydrogen-bond donors (Lipinski definition) is 1. The van der Waals surface area contributed by atoms with E-state index in [-0.39, 0.29) is 5.91 Å². The first-order valence-electron chi connectivity index (χ1n) is 11.0. The summed E-state index contributed by atoms with van der Waals surface area (Å²) in [4.78, 5) is 34.0. The van der Waals surface area contributed by atoms with Gasteiger partial charge in [0.25, 0.3) is 5.91 Å². The number of piperidine rings is 3. The third-order valence-corrected chi connectivity index (χ3v) is 6.82. The van der Waals surface area contributed by atoms with Gasteiger partial charge < -0.3 is 15.1 Å². The summed E-state index contributed by atoms with van der Waals surface area (Å²) < 4.78 is 0. The number of nitrogens with one attached hydrogen (secondary N) is 1. The Morgan fingerprint density at radius 1 is 1.10 bits per heavy atom. The molecule has 1 aromatic heterocycles. The van der Waals surface area contributed by atoms with E-state index in [1.165, 1.54) is 6.42 Å². The lowest BCUT2D eigenvalue weighted by molar-refractivity contribution is -0.142. The summed E-state index contributed by atoms with van der Waals surface area (Å²) in [6.45, 7) is 4.77. The van der Waals surface area contributed by atoms with Gasteiger partial charge in [0.05, 0.1) is 5.56 Å². The van der Waals surface area contributed by atoms with Gasteiger partial charge in [-0.2, -0.15) is 0 Å². The van der Waals surface area contributed by atoms with E-state index in [0.717, 1.165) is 49.5 Å². The second kappa shape index (κ2) is 7.74. The number of benzene rings is 1. The highest BCUT2D eigenvalue weighted by atomic mass is 16.2. The molecule has 2 unspecified atom stereocenters. The van der Waals surface area contributed by atoms with Crippen LogP contribution in [0.5, 0.6) is 0 Å². The first kappa shape index (κ1) is 19.1. The van der Waals surface area contributed by atoms with E-state index in [9.17, 15) is 9.59 Å². The average Bonchev–Trinajstić information content (AvgIpc) is 2.76. The maximum absolute atomic E-state index is 12.5. The first-order chi connectivity index (χ1) is 14.6. The summed E-state index contributed by atoms with van der Waals surface area (Å²) in [7, 11) is 0. The quantitative estimate of drug-likeness (QED) is 0.851. The van der Waals surface area contributed by atoms with Gasteiger partial charge in [0.2, 0.25) is 5.91 Å². The molecule has 30 heavy (non-hydrogen) atoms. The summed E-state index contributed by atoms with van der Waals surface area (Å²) >= 11 is 0. The Kier molecular flexibility index (Phi) is 4.93. The van der Waals surface area contributed by atoms with Gasteiger partial charge >= 0.3 is 0 Å². The predicted molar refractivity (Wildman–Crippen MR) is 117 cm³/mol. The molecule has 0 spiro atoms. The van der Waals surface area contributed by atoms with Crippen molar-refractivity contribution in [2.75, 3.05) is 29.9 Å². The van der Waals surface area contributed by atoms with Crippen LogP contribution in [0.4, 0.5) is 11.5 Å². The molecular weight excluding hydrogens is 376 g/mol. The fourth-order valence-electron chi connectivity index (χ4n) is 5.34. The minimum absolute atomic E-state index is 0.148. The number of anilines is 2. The van der Waals surface area contributed by atoms with Crippen LogP contribution in [-0.2, 0) is 4.79 Å². The van der Waals surface area contributed by atoms with Crippen LogP contribution in [0.1, 0.15) is 41.6 Å². The van der Waals surface area contributed by atoms with Gasteiger partial charge in [-0.15, -0.1) is 0 Å². The number of carbonyl (C=O) groups excluding carboxylic acids is 2. The molecule has 0 aliphatic carbocycles. The maximum atomic E-state index is 12.5. The monoisotopic (exact) mass is 404 g/mol. The molecular formula is C24H28N4O2. The molecule has 3 atom stereocenters. The Morgan fingerprint density at radius 3 is 2.70 bits per heavy atom. The molecule has 2 aromatic rings. The summed E-state index contributed by atoms with van der Waals surface area (Å²) in [5.41, 5.74) is 2.50. The highest BCUT2D eigenvalue weighted by Crippen LogP contribution is 2.38. The van der Waals surface area contributed by atoms with E-state index < -0.39 is 0 Å². The second-order valence-corrected chi connectivity index (χ2v) is 9.00. The fraction of sp³-hybridized carbons (Fsp3) is 0.458. The van der Waals surface area contributed by atoms with Gasteiger partial charge in [0.15, 0.2) is 0 Å². The van der Waals surface area contributed by atoms with E-state index in [1.54, 1.807) is 6.20 Å². The summed E-state index contributed by atoms with van der Waals surface area (Å²) in [5.74, 6) is 2.15. The molecule has 6 heteroatoms. The SMILES string of the molecule is Cc1ccc(NC(=O)c2ccc(N3CC4CC(C3)[C@H]3CCCC(=O)N3C4)nc2)cc1. The van der Waals surface area contributed by atoms with Gasteiger partial charge in [0, 0.05) is 44.0 Å². The van der Waals surface area contributed by atoms with Crippen LogP contribution in [0, 0.1) is 18.8 Å². The highest BCUT2D eigenvalue weighted by Gasteiger charge is 2.44. The minimum Gasteiger partial charge on any atom is -0.356 e. The number of carbonyl (C=O) groups is 2. The third-order valence-electron chi connectivity index (χ3n) is 6.82. The van der Waals surface area contributed by atoms with Crippen LogP contribution in [0.3, 0.4) is 0 Å². The van der Waals surface area contributed by atoms with Gasteiger partial charge in [0.1, 0.15) is 5.82 Å².